The molecule has 1 nitrogen and oxygen atoms in total. The summed E-state index contributed by atoms with van der Waals surface area (Å²) >= 11 is 5.66. The molecule has 1 aromatic carbocycles. The van der Waals surface area contributed by atoms with Gasteiger partial charge < -0.3 is 5.11 Å². The summed E-state index contributed by atoms with van der Waals surface area (Å²) in [7, 11) is 0. The maximum absolute atomic E-state index is 12.5. The van der Waals surface area contributed by atoms with Gasteiger partial charge in [0.05, 0.1) is 6.61 Å². The number of halogens is 2. The van der Waals surface area contributed by atoms with Crippen molar-refractivity contribution in [1.82, 2.24) is 0 Å². The lowest BCUT2D eigenvalue weighted by Gasteiger charge is -1.94. The van der Waals surface area contributed by atoms with Crippen LogP contribution in [0, 0.1) is 0 Å². The molecule has 0 saturated carbocycles. The Balaban J connectivity index is 2.89. The summed E-state index contributed by atoms with van der Waals surface area (Å²) < 4.78 is 12.5. The fourth-order valence-electron chi connectivity index (χ4n) is 0.823. The van der Waals surface area contributed by atoms with Crippen LogP contribution in [-0.4, -0.2) is 11.7 Å². The third-order valence-electron chi connectivity index (χ3n) is 1.32. The molecule has 12 heavy (non-hydrogen) atoms. The van der Waals surface area contributed by atoms with Crippen LogP contribution in [0.5, 0.6) is 0 Å². The van der Waals surface area contributed by atoms with E-state index in [4.69, 9.17) is 16.7 Å². The molecule has 0 spiro atoms. The Kier molecular flexibility index (Phi) is 3.26. The second-order valence-electron chi connectivity index (χ2n) is 2.30. The van der Waals surface area contributed by atoms with Crippen molar-refractivity contribution in [2.24, 2.45) is 0 Å². The molecule has 0 aliphatic rings. The average molecular weight is 187 g/mol. The van der Waals surface area contributed by atoms with Crippen LogP contribution < -0.4 is 0 Å². The highest BCUT2D eigenvalue weighted by Gasteiger charge is 1.93. The van der Waals surface area contributed by atoms with Crippen molar-refractivity contribution in [3.8, 4) is 0 Å². The summed E-state index contributed by atoms with van der Waals surface area (Å²) in [6.07, 6.45) is 1.24. The molecule has 1 rings (SSSR count). The van der Waals surface area contributed by atoms with Crippen molar-refractivity contribution < 1.29 is 9.50 Å². The second kappa shape index (κ2) is 4.24. The Hall–Kier alpha value is -0.860. The van der Waals surface area contributed by atoms with Gasteiger partial charge in [-0.2, -0.15) is 0 Å². The van der Waals surface area contributed by atoms with Gasteiger partial charge in [-0.1, -0.05) is 23.7 Å². The van der Waals surface area contributed by atoms with E-state index < -0.39 is 12.4 Å². The van der Waals surface area contributed by atoms with E-state index in [2.05, 4.69) is 0 Å². The minimum Gasteiger partial charge on any atom is -0.389 e. The molecule has 64 valence electrons. The van der Waals surface area contributed by atoms with Gasteiger partial charge in [0, 0.05) is 5.02 Å². The molecular weight excluding hydrogens is 179 g/mol. The molecule has 0 atom stereocenters. The molecule has 0 saturated heterocycles. The number of aliphatic hydroxyl groups excluding tert-OH is 1. The Labute approximate surface area is 75.1 Å². The Morgan fingerprint density at radius 2 is 2.33 bits per heavy atom. The van der Waals surface area contributed by atoms with Gasteiger partial charge in [0.1, 0.15) is 5.83 Å². The number of aliphatic hydroxyl groups is 1. The molecule has 0 amide bonds. The lowest BCUT2D eigenvalue weighted by atomic mass is 10.2. The maximum atomic E-state index is 12.5. The van der Waals surface area contributed by atoms with E-state index in [1.54, 1.807) is 24.3 Å². The first-order valence-corrected chi connectivity index (χ1v) is 3.82. The van der Waals surface area contributed by atoms with Crippen LogP contribution in [0.25, 0.3) is 6.08 Å². The van der Waals surface area contributed by atoms with Crippen molar-refractivity contribution in [3.63, 3.8) is 0 Å². The van der Waals surface area contributed by atoms with E-state index in [1.807, 2.05) is 0 Å². The zero-order chi connectivity index (χ0) is 8.97. The fourth-order valence-corrected chi connectivity index (χ4v) is 1.02. The molecule has 0 unspecified atom stereocenters. The van der Waals surface area contributed by atoms with Crippen molar-refractivity contribution in [2.75, 3.05) is 6.61 Å². The van der Waals surface area contributed by atoms with Gasteiger partial charge >= 0.3 is 0 Å². The standard InChI is InChI=1S/C9H8ClFO/c10-8-3-1-2-7(4-8)5-9(11)6-12/h1-5,12H,6H2/b9-5-. The van der Waals surface area contributed by atoms with Gasteiger partial charge in [-0.05, 0) is 23.8 Å². The molecule has 0 aliphatic carbocycles. The van der Waals surface area contributed by atoms with Crippen LogP contribution in [0.4, 0.5) is 4.39 Å². The Morgan fingerprint density at radius 3 is 2.92 bits per heavy atom. The smallest absolute Gasteiger partial charge is 0.126 e. The fraction of sp³-hybridized carbons (Fsp3) is 0.111. The SMILES string of the molecule is OC/C(F)=C/c1cccc(Cl)c1. The molecule has 1 aromatic rings. The number of rotatable bonds is 2. The Bertz CT molecular complexity index is 296. The van der Waals surface area contributed by atoms with Crippen LogP contribution >= 0.6 is 11.6 Å². The van der Waals surface area contributed by atoms with E-state index in [1.165, 1.54) is 6.08 Å². The van der Waals surface area contributed by atoms with Gasteiger partial charge in [-0.3, -0.25) is 0 Å². The number of benzene rings is 1. The lowest BCUT2D eigenvalue weighted by Crippen LogP contribution is -1.81. The molecule has 0 radical (unpaired) electrons. The van der Waals surface area contributed by atoms with E-state index in [0.717, 1.165) is 0 Å². The highest BCUT2D eigenvalue weighted by atomic mass is 35.5. The van der Waals surface area contributed by atoms with Gasteiger partial charge in [-0.25, -0.2) is 4.39 Å². The van der Waals surface area contributed by atoms with E-state index in [9.17, 15) is 4.39 Å². The van der Waals surface area contributed by atoms with Crippen molar-refractivity contribution >= 4 is 17.7 Å². The monoisotopic (exact) mass is 186 g/mol. The normalized spacial score (nSPS) is 11.8. The van der Waals surface area contributed by atoms with Gasteiger partial charge in [0.2, 0.25) is 0 Å². The van der Waals surface area contributed by atoms with E-state index in [0.29, 0.717) is 10.6 Å². The Morgan fingerprint density at radius 1 is 1.58 bits per heavy atom. The van der Waals surface area contributed by atoms with Crippen LogP contribution in [0.2, 0.25) is 5.02 Å². The van der Waals surface area contributed by atoms with Gasteiger partial charge in [0.25, 0.3) is 0 Å². The molecule has 3 heteroatoms. The van der Waals surface area contributed by atoms with E-state index in [-0.39, 0.29) is 0 Å². The zero-order valence-electron chi connectivity index (χ0n) is 6.30. The lowest BCUT2D eigenvalue weighted by molar-refractivity contribution is 0.300. The molecule has 0 bridgehead atoms. The van der Waals surface area contributed by atoms with Gasteiger partial charge in [-0.15, -0.1) is 0 Å². The predicted molar refractivity (Wildman–Crippen MR) is 47.6 cm³/mol. The quantitative estimate of drug-likeness (QED) is 0.753. The molecule has 0 heterocycles. The highest BCUT2D eigenvalue weighted by molar-refractivity contribution is 6.30. The maximum Gasteiger partial charge on any atom is 0.126 e. The van der Waals surface area contributed by atoms with Crippen LogP contribution in [0.1, 0.15) is 5.56 Å². The minimum atomic E-state index is -0.577. The second-order valence-corrected chi connectivity index (χ2v) is 2.74. The summed E-state index contributed by atoms with van der Waals surface area (Å²) in [5, 5.41) is 8.94. The van der Waals surface area contributed by atoms with Gasteiger partial charge in [0.15, 0.2) is 0 Å². The summed E-state index contributed by atoms with van der Waals surface area (Å²) in [6.45, 7) is -0.577. The predicted octanol–water partition coefficient (Wildman–Crippen LogP) is 2.64. The summed E-state index contributed by atoms with van der Waals surface area (Å²) in [6, 6.07) is 6.76. The summed E-state index contributed by atoms with van der Waals surface area (Å²) in [5.74, 6) is -0.572. The molecule has 1 N–H and O–H groups in total. The zero-order valence-corrected chi connectivity index (χ0v) is 7.05. The van der Waals surface area contributed by atoms with E-state index >= 15 is 0 Å². The first-order valence-electron chi connectivity index (χ1n) is 3.45. The minimum absolute atomic E-state index is 0.550. The molecule has 0 fully saturated rings. The molecule has 0 aliphatic heterocycles. The first kappa shape index (κ1) is 9.23. The third-order valence-corrected chi connectivity index (χ3v) is 1.56. The van der Waals surface area contributed by atoms with Crippen molar-refractivity contribution in [2.45, 2.75) is 0 Å². The largest absolute Gasteiger partial charge is 0.389 e. The van der Waals surface area contributed by atoms with Crippen molar-refractivity contribution in [1.29, 1.82) is 0 Å². The summed E-state index contributed by atoms with van der Waals surface area (Å²) in [4.78, 5) is 0. The number of hydrogen-bond donors (Lipinski definition) is 1. The van der Waals surface area contributed by atoms with Crippen LogP contribution in [0.3, 0.4) is 0 Å². The third kappa shape index (κ3) is 2.64. The average Bonchev–Trinajstić information content (AvgIpc) is 2.04. The van der Waals surface area contributed by atoms with Crippen LogP contribution in [-0.2, 0) is 0 Å². The summed E-state index contributed by atoms with van der Waals surface area (Å²) in [5.41, 5.74) is 0.647. The van der Waals surface area contributed by atoms with Crippen LogP contribution in [0.15, 0.2) is 30.1 Å². The topological polar surface area (TPSA) is 20.2 Å². The molecular formula is C9H8ClFO. The number of hydrogen-bond acceptors (Lipinski definition) is 1. The van der Waals surface area contributed by atoms with Crippen molar-refractivity contribution in [3.05, 3.63) is 40.7 Å². The molecule has 0 aromatic heterocycles. The first-order chi connectivity index (χ1) is 5.72. The highest BCUT2D eigenvalue weighted by Crippen LogP contribution is 2.13.